The third-order valence-electron chi connectivity index (χ3n) is 6.35. The SMILES string of the molecule is CC[C@H](C(=O)NC1CCCC1)N(Cc1ccc(Cl)c(Cl)c1)C(=O)Cc1ccc(C)c(C)c1. The highest BCUT2D eigenvalue weighted by Gasteiger charge is 2.30. The fourth-order valence-electron chi connectivity index (χ4n) is 4.31. The van der Waals surface area contributed by atoms with Gasteiger partial charge in [0.1, 0.15) is 6.04 Å². The third kappa shape index (κ3) is 6.26. The van der Waals surface area contributed by atoms with Crippen LogP contribution in [-0.4, -0.2) is 28.8 Å². The van der Waals surface area contributed by atoms with Crippen molar-refractivity contribution in [2.75, 3.05) is 0 Å². The lowest BCUT2D eigenvalue weighted by atomic mass is 10.0. The summed E-state index contributed by atoms with van der Waals surface area (Å²) < 4.78 is 0. The van der Waals surface area contributed by atoms with E-state index in [2.05, 4.69) is 12.2 Å². The van der Waals surface area contributed by atoms with Gasteiger partial charge in [0, 0.05) is 12.6 Å². The molecule has 1 N–H and O–H groups in total. The van der Waals surface area contributed by atoms with Gasteiger partial charge in [-0.2, -0.15) is 0 Å². The zero-order valence-electron chi connectivity index (χ0n) is 19.1. The van der Waals surface area contributed by atoms with Gasteiger partial charge in [0.15, 0.2) is 0 Å². The van der Waals surface area contributed by atoms with Gasteiger partial charge in [-0.25, -0.2) is 0 Å². The first kappa shape index (κ1) is 24.6. The summed E-state index contributed by atoms with van der Waals surface area (Å²) in [6.07, 6.45) is 5.08. The summed E-state index contributed by atoms with van der Waals surface area (Å²) in [5, 5.41) is 4.08. The average Bonchev–Trinajstić information content (AvgIpc) is 3.26. The molecule has 1 aliphatic rings. The Morgan fingerprint density at radius 3 is 2.31 bits per heavy atom. The van der Waals surface area contributed by atoms with Gasteiger partial charge in [-0.1, -0.05) is 67.2 Å². The number of nitrogens with one attached hydrogen (secondary N) is 1. The summed E-state index contributed by atoms with van der Waals surface area (Å²) in [6, 6.07) is 11.1. The number of hydrogen-bond donors (Lipinski definition) is 1. The van der Waals surface area contributed by atoms with E-state index in [0.29, 0.717) is 23.0 Å². The molecule has 3 rings (SSSR count). The van der Waals surface area contributed by atoms with Crippen molar-refractivity contribution in [1.29, 1.82) is 0 Å². The van der Waals surface area contributed by atoms with Gasteiger partial charge in [-0.05, 0) is 67.5 Å². The molecule has 0 unspecified atom stereocenters. The van der Waals surface area contributed by atoms with Crippen LogP contribution in [0.2, 0.25) is 10.0 Å². The van der Waals surface area contributed by atoms with Gasteiger partial charge in [0.2, 0.25) is 11.8 Å². The molecular weight excluding hydrogens is 443 g/mol. The van der Waals surface area contributed by atoms with Crippen molar-refractivity contribution in [3.63, 3.8) is 0 Å². The lowest BCUT2D eigenvalue weighted by molar-refractivity contribution is -0.141. The minimum atomic E-state index is -0.538. The summed E-state index contributed by atoms with van der Waals surface area (Å²) in [4.78, 5) is 28.4. The Hall–Kier alpha value is -2.04. The topological polar surface area (TPSA) is 49.4 Å². The van der Waals surface area contributed by atoms with Crippen molar-refractivity contribution >= 4 is 35.0 Å². The van der Waals surface area contributed by atoms with Crippen molar-refractivity contribution < 1.29 is 9.59 Å². The highest BCUT2D eigenvalue weighted by atomic mass is 35.5. The Morgan fingerprint density at radius 2 is 1.69 bits per heavy atom. The van der Waals surface area contributed by atoms with Crippen molar-refractivity contribution in [2.24, 2.45) is 0 Å². The largest absolute Gasteiger partial charge is 0.352 e. The van der Waals surface area contributed by atoms with Crippen molar-refractivity contribution in [3.05, 3.63) is 68.7 Å². The monoisotopic (exact) mass is 474 g/mol. The van der Waals surface area contributed by atoms with Crippen LogP contribution >= 0.6 is 23.2 Å². The second kappa shape index (κ2) is 11.2. The van der Waals surface area contributed by atoms with Crippen LogP contribution in [0.5, 0.6) is 0 Å². The summed E-state index contributed by atoms with van der Waals surface area (Å²) in [6.45, 7) is 6.35. The maximum atomic E-state index is 13.5. The van der Waals surface area contributed by atoms with E-state index in [0.717, 1.165) is 42.4 Å². The molecule has 172 valence electrons. The maximum absolute atomic E-state index is 13.5. The number of carbonyl (C=O) groups is 2. The van der Waals surface area contributed by atoms with Crippen molar-refractivity contribution in [2.45, 2.75) is 77.9 Å². The number of hydrogen-bond acceptors (Lipinski definition) is 2. The first-order chi connectivity index (χ1) is 15.3. The Balaban J connectivity index is 1.85. The molecule has 0 aromatic heterocycles. The number of carbonyl (C=O) groups excluding carboxylic acids is 2. The summed E-state index contributed by atoms with van der Waals surface area (Å²) in [5.41, 5.74) is 4.14. The van der Waals surface area contributed by atoms with Crippen LogP contribution in [0, 0.1) is 13.8 Å². The molecule has 2 amide bonds. The molecule has 1 fully saturated rings. The van der Waals surface area contributed by atoms with Gasteiger partial charge in [-0.3, -0.25) is 9.59 Å². The van der Waals surface area contributed by atoms with Crippen molar-refractivity contribution in [1.82, 2.24) is 10.2 Å². The Bertz CT molecular complexity index is 970. The maximum Gasteiger partial charge on any atom is 0.243 e. The minimum absolute atomic E-state index is 0.0760. The second-order valence-electron chi connectivity index (χ2n) is 8.78. The molecule has 2 aromatic carbocycles. The van der Waals surface area contributed by atoms with E-state index in [1.807, 2.05) is 38.1 Å². The van der Waals surface area contributed by atoms with Crippen LogP contribution < -0.4 is 5.32 Å². The fraction of sp³-hybridized carbons (Fsp3) is 0.462. The van der Waals surface area contributed by atoms with E-state index >= 15 is 0 Å². The standard InChI is InChI=1S/C26H32Cl2N2O2/c1-4-24(26(32)29-21-7-5-6-8-21)30(16-20-11-12-22(27)23(28)14-20)25(31)15-19-10-9-17(2)18(3)13-19/h9-14,21,24H,4-8,15-16H2,1-3H3,(H,29,32)/t24-/m1/s1. The Kier molecular flexibility index (Phi) is 8.61. The lowest BCUT2D eigenvalue weighted by Crippen LogP contribution is -2.51. The molecule has 1 aliphatic carbocycles. The van der Waals surface area contributed by atoms with Gasteiger partial charge < -0.3 is 10.2 Å². The molecule has 6 heteroatoms. The van der Waals surface area contributed by atoms with E-state index in [1.165, 1.54) is 5.56 Å². The molecule has 32 heavy (non-hydrogen) atoms. The molecule has 0 aliphatic heterocycles. The molecule has 0 heterocycles. The Labute approximate surface area is 201 Å². The fourth-order valence-corrected chi connectivity index (χ4v) is 4.63. The van der Waals surface area contributed by atoms with Crippen LogP contribution in [0.4, 0.5) is 0 Å². The predicted molar refractivity (Wildman–Crippen MR) is 131 cm³/mol. The molecule has 4 nitrogen and oxygen atoms in total. The van der Waals surface area contributed by atoms with E-state index in [-0.39, 0.29) is 24.3 Å². The molecule has 1 saturated carbocycles. The van der Waals surface area contributed by atoms with Crippen LogP contribution in [0.15, 0.2) is 36.4 Å². The second-order valence-corrected chi connectivity index (χ2v) is 9.59. The van der Waals surface area contributed by atoms with Gasteiger partial charge >= 0.3 is 0 Å². The smallest absolute Gasteiger partial charge is 0.243 e. The highest BCUT2D eigenvalue weighted by molar-refractivity contribution is 6.42. The number of rotatable bonds is 8. The normalized spacial score (nSPS) is 14.9. The Morgan fingerprint density at radius 1 is 1.00 bits per heavy atom. The van der Waals surface area contributed by atoms with Crippen LogP contribution in [0.3, 0.4) is 0 Å². The average molecular weight is 475 g/mol. The first-order valence-corrected chi connectivity index (χ1v) is 12.1. The minimum Gasteiger partial charge on any atom is -0.352 e. The third-order valence-corrected chi connectivity index (χ3v) is 7.09. The zero-order chi connectivity index (χ0) is 23.3. The molecule has 0 radical (unpaired) electrons. The lowest BCUT2D eigenvalue weighted by Gasteiger charge is -2.31. The van der Waals surface area contributed by atoms with Gasteiger partial charge in [0.05, 0.1) is 16.5 Å². The molecule has 0 saturated heterocycles. The van der Waals surface area contributed by atoms with Crippen LogP contribution in [-0.2, 0) is 22.6 Å². The summed E-state index contributed by atoms with van der Waals surface area (Å²) in [5.74, 6) is -0.152. The molecule has 2 aromatic rings. The van der Waals surface area contributed by atoms with Gasteiger partial charge in [-0.15, -0.1) is 0 Å². The van der Waals surface area contributed by atoms with E-state index in [1.54, 1.807) is 17.0 Å². The number of nitrogens with zero attached hydrogens (tertiary/aromatic N) is 1. The molecule has 0 spiro atoms. The summed E-state index contributed by atoms with van der Waals surface area (Å²) in [7, 11) is 0. The zero-order valence-corrected chi connectivity index (χ0v) is 20.6. The predicted octanol–water partition coefficient (Wildman–Crippen LogP) is 6.02. The van der Waals surface area contributed by atoms with E-state index in [4.69, 9.17) is 23.2 Å². The molecule has 0 bridgehead atoms. The first-order valence-electron chi connectivity index (χ1n) is 11.4. The number of benzene rings is 2. The van der Waals surface area contributed by atoms with Crippen molar-refractivity contribution in [3.8, 4) is 0 Å². The van der Waals surface area contributed by atoms with Gasteiger partial charge in [0.25, 0.3) is 0 Å². The quantitative estimate of drug-likeness (QED) is 0.508. The number of halogens is 2. The highest BCUT2D eigenvalue weighted by Crippen LogP contribution is 2.25. The van der Waals surface area contributed by atoms with Crippen LogP contribution in [0.1, 0.15) is 61.3 Å². The summed E-state index contributed by atoms with van der Waals surface area (Å²) >= 11 is 12.3. The van der Waals surface area contributed by atoms with E-state index < -0.39 is 6.04 Å². The molecular formula is C26H32Cl2N2O2. The number of aryl methyl sites for hydroxylation is 2. The van der Waals surface area contributed by atoms with Crippen LogP contribution in [0.25, 0.3) is 0 Å². The molecule has 1 atom stereocenters. The van der Waals surface area contributed by atoms with E-state index in [9.17, 15) is 9.59 Å². The number of amides is 2.